The number of nitrogens with one attached hydrogen (secondary N) is 1. The Morgan fingerprint density at radius 2 is 2.09 bits per heavy atom. The number of hydrogen-bond acceptors (Lipinski definition) is 11. The van der Waals surface area contributed by atoms with Gasteiger partial charge in [-0.2, -0.15) is 11.8 Å². The smallest absolute Gasteiger partial charge is 0.328 e. The number of aromatic nitrogens is 3. The summed E-state index contributed by atoms with van der Waals surface area (Å²) in [5, 5.41) is 24.3. The quantitative estimate of drug-likeness (QED) is 0.240. The van der Waals surface area contributed by atoms with E-state index in [1.807, 2.05) is 0 Å². The number of nitrogens with two attached hydrogens (primary N) is 1. The van der Waals surface area contributed by atoms with E-state index in [0.29, 0.717) is 34.8 Å². The highest BCUT2D eigenvalue weighted by molar-refractivity contribution is 7.99. The molecule has 0 saturated carbocycles. The van der Waals surface area contributed by atoms with Crippen molar-refractivity contribution in [1.29, 1.82) is 0 Å². The molecule has 1 saturated heterocycles. The first-order chi connectivity index (χ1) is 16.2. The van der Waals surface area contributed by atoms with Crippen LogP contribution in [0.15, 0.2) is 18.6 Å². The molecule has 188 valence electrons. The molecule has 1 fully saturated rings. The molecule has 0 spiro atoms. The summed E-state index contributed by atoms with van der Waals surface area (Å²) < 4.78 is 17.6. The number of anilines is 1. The standard InChI is InChI=1S/C21H31N5O7S/c1-11(2)32-21(30)13(25-15(27)8-31-3)5-7-34-9-14-16(28)17(29)20(33-14)26-6-4-12-18(22)23-10-24-19(12)26/h4,6,10-11,13-14,16-17,20,28-29H,5,7-9H2,1-3H3,(H,25,27)(H2,22,23,24)/t13-,14+,16+,17+,20+/m0/s1. The largest absolute Gasteiger partial charge is 0.461 e. The molecule has 12 nitrogen and oxygen atoms in total. The van der Waals surface area contributed by atoms with Gasteiger partial charge < -0.3 is 40.0 Å². The summed E-state index contributed by atoms with van der Waals surface area (Å²) >= 11 is 1.43. The molecule has 1 amide bonds. The number of nitrogen functional groups attached to an aromatic ring is 1. The van der Waals surface area contributed by atoms with Crippen LogP contribution in [0.3, 0.4) is 0 Å². The number of hydrogen-bond donors (Lipinski definition) is 4. The zero-order valence-electron chi connectivity index (χ0n) is 19.3. The normalized spacial score (nSPS) is 23.4. The lowest BCUT2D eigenvalue weighted by atomic mass is 10.1. The minimum absolute atomic E-state index is 0.162. The van der Waals surface area contributed by atoms with E-state index in [4.69, 9.17) is 19.9 Å². The molecular weight excluding hydrogens is 466 g/mol. The predicted molar refractivity (Wildman–Crippen MR) is 125 cm³/mol. The van der Waals surface area contributed by atoms with Gasteiger partial charge in [0, 0.05) is 19.1 Å². The molecule has 2 aromatic heterocycles. The molecule has 0 radical (unpaired) electrons. The van der Waals surface area contributed by atoms with Crippen LogP contribution in [0.5, 0.6) is 0 Å². The molecule has 3 heterocycles. The average molecular weight is 498 g/mol. The lowest BCUT2D eigenvalue weighted by Crippen LogP contribution is -2.44. The van der Waals surface area contributed by atoms with Gasteiger partial charge in [-0.05, 0) is 32.1 Å². The molecule has 0 unspecified atom stereocenters. The van der Waals surface area contributed by atoms with E-state index in [1.54, 1.807) is 30.7 Å². The molecule has 5 atom stereocenters. The van der Waals surface area contributed by atoms with Gasteiger partial charge in [-0.1, -0.05) is 0 Å². The Bertz CT molecular complexity index is 988. The van der Waals surface area contributed by atoms with E-state index in [1.165, 1.54) is 25.2 Å². The number of rotatable bonds is 11. The lowest BCUT2D eigenvalue weighted by Gasteiger charge is -2.19. The minimum Gasteiger partial charge on any atom is -0.461 e. The number of esters is 1. The van der Waals surface area contributed by atoms with Crippen molar-refractivity contribution < 1.29 is 34.0 Å². The number of carbonyl (C=O) groups excluding carboxylic acids is 2. The maximum Gasteiger partial charge on any atom is 0.328 e. The number of fused-ring (bicyclic) bond motifs is 1. The van der Waals surface area contributed by atoms with E-state index < -0.39 is 42.5 Å². The van der Waals surface area contributed by atoms with Crippen LogP contribution in [0.25, 0.3) is 11.0 Å². The SMILES string of the molecule is COCC(=O)N[C@@H](CCSC[C@H]1O[C@@H](n2ccc3c(N)ncnc32)[C@H](O)[C@@H]1O)C(=O)OC(C)C. The van der Waals surface area contributed by atoms with E-state index in [2.05, 4.69) is 15.3 Å². The Hall–Kier alpha value is -2.45. The minimum atomic E-state index is -1.17. The van der Waals surface area contributed by atoms with Gasteiger partial charge in [-0.3, -0.25) is 4.79 Å². The van der Waals surface area contributed by atoms with Crippen LogP contribution in [0, 0.1) is 0 Å². The van der Waals surface area contributed by atoms with Crippen molar-refractivity contribution in [2.75, 3.05) is 31.0 Å². The summed E-state index contributed by atoms with van der Waals surface area (Å²) in [5.74, 6) is 0.222. The molecule has 13 heteroatoms. The molecule has 1 aliphatic rings. The van der Waals surface area contributed by atoms with Gasteiger partial charge >= 0.3 is 5.97 Å². The topological polar surface area (TPSA) is 171 Å². The van der Waals surface area contributed by atoms with Crippen LogP contribution < -0.4 is 11.1 Å². The van der Waals surface area contributed by atoms with Crippen molar-refractivity contribution in [3.05, 3.63) is 18.6 Å². The van der Waals surface area contributed by atoms with Gasteiger partial charge in [0.1, 0.15) is 42.6 Å². The fourth-order valence-electron chi connectivity index (χ4n) is 3.62. The molecule has 34 heavy (non-hydrogen) atoms. The number of carbonyl (C=O) groups is 2. The Kier molecular flexibility index (Phi) is 9.08. The van der Waals surface area contributed by atoms with Crippen LogP contribution in [0.1, 0.15) is 26.5 Å². The highest BCUT2D eigenvalue weighted by atomic mass is 32.2. The molecule has 3 rings (SSSR count). The maximum absolute atomic E-state index is 12.3. The molecule has 0 aromatic carbocycles. The van der Waals surface area contributed by atoms with Crippen molar-refractivity contribution in [2.45, 2.75) is 57.0 Å². The molecule has 1 aliphatic heterocycles. The first-order valence-electron chi connectivity index (χ1n) is 10.9. The fourth-order valence-corrected chi connectivity index (χ4v) is 4.70. The summed E-state index contributed by atoms with van der Waals surface area (Å²) in [5.41, 5.74) is 6.37. The molecule has 0 bridgehead atoms. The van der Waals surface area contributed by atoms with Gasteiger partial charge in [0.25, 0.3) is 0 Å². The van der Waals surface area contributed by atoms with Crippen LogP contribution in [0.4, 0.5) is 5.82 Å². The lowest BCUT2D eigenvalue weighted by molar-refractivity contribution is -0.151. The summed E-state index contributed by atoms with van der Waals surface area (Å²) in [7, 11) is 1.39. The van der Waals surface area contributed by atoms with E-state index in [9.17, 15) is 19.8 Å². The monoisotopic (exact) mass is 497 g/mol. The number of ether oxygens (including phenoxy) is 3. The fraction of sp³-hybridized carbons (Fsp3) is 0.619. The van der Waals surface area contributed by atoms with E-state index >= 15 is 0 Å². The van der Waals surface area contributed by atoms with E-state index in [0.717, 1.165) is 0 Å². The number of aliphatic hydroxyl groups excluding tert-OH is 2. The van der Waals surface area contributed by atoms with Crippen LogP contribution in [0.2, 0.25) is 0 Å². The third-order valence-corrected chi connectivity index (χ3v) is 6.32. The second kappa shape index (κ2) is 11.8. The summed E-state index contributed by atoms with van der Waals surface area (Å²) in [4.78, 5) is 32.4. The predicted octanol–water partition coefficient (Wildman–Crippen LogP) is -0.161. The van der Waals surface area contributed by atoms with Crippen molar-refractivity contribution in [1.82, 2.24) is 19.9 Å². The van der Waals surface area contributed by atoms with E-state index in [-0.39, 0.29) is 12.7 Å². The van der Waals surface area contributed by atoms with Crippen molar-refractivity contribution in [2.24, 2.45) is 0 Å². The summed E-state index contributed by atoms with van der Waals surface area (Å²) in [6.45, 7) is 3.30. The first kappa shape index (κ1) is 26.2. The molecule has 0 aliphatic carbocycles. The second-order valence-corrected chi connectivity index (χ2v) is 9.32. The van der Waals surface area contributed by atoms with Gasteiger partial charge in [-0.15, -0.1) is 0 Å². The maximum atomic E-state index is 12.3. The summed E-state index contributed by atoms with van der Waals surface area (Å²) in [6, 6.07) is 0.908. The third-order valence-electron chi connectivity index (χ3n) is 5.23. The number of thioether (sulfide) groups is 1. The van der Waals surface area contributed by atoms with Gasteiger partial charge in [-0.25, -0.2) is 14.8 Å². The number of amides is 1. The van der Waals surface area contributed by atoms with Crippen LogP contribution >= 0.6 is 11.8 Å². The Morgan fingerprint density at radius 1 is 1.32 bits per heavy atom. The van der Waals surface area contributed by atoms with Crippen molar-refractivity contribution in [3.8, 4) is 0 Å². The van der Waals surface area contributed by atoms with Gasteiger partial charge in [0.15, 0.2) is 6.23 Å². The second-order valence-electron chi connectivity index (χ2n) is 8.17. The number of nitrogens with zero attached hydrogens (tertiary/aromatic N) is 3. The molecule has 5 N–H and O–H groups in total. The first-order valence-corrected chi connectivity index (χ1v) is 12.0. The number of methoxy groups -OCH3 is 1. The Labute approximate surface area is 201 Å². The highest BCUT2D eigenvalue weighted by Crippen LogP contribution is 2.34. The van der Waals surface area contributed by atoms with Gasteiger partial charge in [0.2, 0.25) is 5.91 Å². The van der Waals surface area contributed by atoms with Crippen molar-refractivity contribution in [3.63, 3.8) is 0 Å². The highest BCUT2D eigenvalue weighted by Gasteiger charge is 2.44. The molecule has 2 aromatic rings. The van der Waals surface area contributed by atoms with Gasteiger partial charge in [0.05, 0.1) is 17.6 Å². The third kappa shape index (κ3) is 6.16. The Morgan fingerprint density at radius 3 is 2.79 bits per heavy atom. The zero-order valence-corrected chi connectivity index (χ0v) is 20.1. The van der Waals surface area contributed by atoms with Crippen LogP contribution in [-0.2, 0) is 23.8 Å². The zero-order chi connectivity index (χ0) is 24.8. The average Bonchev–Trinajstić information content (AvgIpc) is 3.32. The molecular formula is C21H31N5O7S. The summed E-state index contributed by atoms with van der Waals surface area (Å²) in [6.07, 6.45) is -0.756. The Balaban J connectivity index is 1.56. The van der Waals surface area contributed by atoms with Crippen molar-refractivity contribution >= 4 is 40.5 Å². The number of aliphatic hydroxyl groups is 2. The van der Waals surface area contributed by atoms with Crippen LogP contribution in [-0.4, -0.2) is 92.3 Å².